The van der Waals surface area contributed by atoms with E-state index in [9.17, 15) is 0 Å². The van der Waals surface area contributed by atoms with Gasteiger partial charge in [0.2, 0.25) is 0 Å². The molecule has 1 aliphatic rings. The van der Waals surface area contributed by atoms with Gasteiger partial charge in [0, 0.05) is 32.1 Å². The third kappa shape index (κ3) is 5.37. The van der Waals surface area contributed by atoms with Crippen LogP contribution in [0.3, 0.4) is 0 Å². The third-order valence-corrected chi connectivity index (χ3v) is 12.2. The molecule has 1 nitrogen and oxygen atoms in total. The highest BCUT2D eigenvalue weighted by Gasteiger charge is 2.38. The molecule has 0 bridgehead atoms. The van der Waals surface area contributed by atoms with E-state index in [1.54, 1.807) is 0 Å². The number of benzene rings is 8. The number of fused-ring (bicyclic) bond motifs is 6. The summed E-state index contributed by atoms with van der Waals surface area (Å²) in [5.74, 6) is 0. The van der Waals surface area contributed by atoms with E-state index in [1.807, 2.05) is 11.3 Å². The van der Waals surface area contributed by atoms with Crippen LogP contribution >= 0.6 is 11.3 Å². The Kier molecular flexibility index (Phi) is 7.42. The van der Waals surface area contributed by atoms with Gasteiger partial charge < -0.3 is 4.90 Å². The van der Waals surface area contributed by atoms with E-state index >= 15 is 0 Å². The van der Waals surface area contributed by atoms with Crippen molar-refractivity contribution in [1.29, 1.82) is 0 Å². The lowest BCUT2D eigenvalue weighted by atomic mass is 9.81. The molecule has 9 aromatic rings. The second kappa shape index (κ2) is 12.5. The van der Waals surface area contributed by atoms with Gasteiger partial charge in [0.1, 0.15) is 0 Å². The minimum absolute atomic E-state index is 0.0157. The molecule has 0 spiro atoms. The summed E-state index contributed by atoms with van der Waals surface area (Å²) in [6.45, 7) is 4.76. The largest absolute Gasteiger partial charge is 0.310 e. The van der Waals surface area contributed by atoms with E-state index in [4.69, 9.17) is 0 Å². The summed E-state index contributed by atoms with van der Waals surface area (Å²) in [4.78, 5) is 3.79. The first kappa shape index (κ1) is 31.5. The average Bonchev–Trinajstić information content (AvgIpc) is 3.72. The minimum Gasteiger partial charge on any atom is -0.310 e. The zero-order valence-corrected chi connectivity index (χ0v) is 30.6. The van der Waals surface area contributed by atoms with E-state index in [1.165, 1.54) is 75.8 Å². The molecular formula is C51H37NS. The van der Waals surface area contributed by atoms with Gasteiger partial charge in [0.05, 0.1) is 0 Å². The summed E-state index contributed by atoms with van der Waals surface area (Å²) in [6, 6.07) is 68.7. The molecule has 1 aromatic heterocycles. The Hall–Kier alpha value is -6.22. The molecule has 1 heterocycles. The van der Waals surface area contributed by atoms with Crippen molar-refractivity contribution < 1.29 is 0 Å². The summed E-state index contributed by atoms with van der Waals surface area (Å²) in [7, 11) is 0. The molecule has 0 atom stereocenters. The molecule has 0 fully saturated rings. The fraction of sp³-hybridized carbons (Fsp3) is 0.0588. The average molecular weight is 696 g/mol. The Balaban J connectivity index is 1.03. The molecule has 53 heavy (non-hydrogen) atoms. The molecule has 0 amide bonds. The maximum atomic E-state index is 2.42. The Morgan fingerprint density at radius 2 is 0.906 bits per heavy atom. The van der Waals surface area contributed by atoms with Gasteiger partial charge in [-0.25, -0.2) is 0 Å². The number of thiophene rings is 1. The molecule has 8 aromatic carbocycles. The fourth-order valence-corrected chi connectivity index (χ4v) is 9.71. The molecule has 0 radical (unpaired) electrons. The molecular weight excluding hydrogens is 659 g/mol. The highest BCUT2D eigenvalue weighted by Crippen LogP contribution is 2.56. The topological polar surface area (TPSA) is 3.24 Å². The molecule has 252 valence electrons. The number of hydrogen-bond donors (Lipinski definition) is 0. The van der Waals surface area contributed by atoms with Crippen molar-refractivity contribution in [1.82, 2.24) is 0 Å². The van der Waals surface area contributed by atoms with Crippen molar-refractivity contribution in [2.45, 2.75) is 19.3 Å². The number of rotatable bonds is 6. The van der Waals surface area contributed by atoms with Gasteiger partial charge in [-0.3, -0.25) is 0 Å². The van der Waals surface area contributed by atoms with Crippen LogP contribution in [0, 0.1) is 0 Å². The van der Waals surface area contributed by atoms with Crippen LogP contribution in [0.4, 0.5) is 17.1 Å². The van der Waals surface area contributed by atoms with Gasteiger partial charge in [-0.1, -0.05) is 147 Å². The van der Waals surface area contributed by atoms with Gasteiger partial charge in [-0.15, -0.1) is 11.3 Å². The van der Waals surface area contributed by atoms with Gasteiger partial charge in [-0.05, 0) is 121 Å². The minimum atomic E-state index is -0.0157. The summed E-state index contributed by atoms with van der Waals surface area (Å²) >= 11 is 1.93. The fourth-order valence-electron chi connectivity index (χ4n) is 8.31. The van der Waals surface area contributed by atoms with Crippen LogP contribution in [-0.2, 0) is 5.41 Å². The van der Waals surface area contributed by atoms with Crippen LogP contribution in [0.2, 0.25) is 0 Å². The van der Waals surface area contributed by atoms with E-state index in [0.717, 1.165) is 17.1 Å². The predicted octanol–water partition coefficient (Wildman–Crippen LogP) is 14.8. The quantitative estimate of drug-likeness (QED) is 0.167. The predicted molar refractivity (Wildman–Crippen MR) is 228 cm³/mol. The Morgan fingerprint density at radius 3 is 1.57 bits per heavy atom. The van der Waals surface area contributed by atoms with Crippen molar-refractivity contribution in [3.8, 4) is 43.8 Å². The highest BCUT2D eigenvalue weighted by molar-refractivity contribution is 7.22. The lowest BCUT2D eigenvalue weighted by molar-refractivity contribution is 0.667. The molecule has 0 aliphatic heterocycles. The molecule has 0 saturated heterocycles. The van der Waals surface area contributed by atoms with E-state index in [2.05, 4.69) is 207 Å². The van der Waals surface area contributed by atoms with Crippen LogP contribution < -0.4 is 4.90 Å². The summed E-state index contributed by atoms with van der Waals surface area (Å²) < 4.78 is 1.37. The van der Waals surface area contributed by atoms with E-state index < -0.39 is 0 Å². The summed E-state index contributed by atoms with van der Waals surface area (Å²) in [6.07, 6.45) is 0. The standard InChI is InChI=1S/C51H37NS/c1-51(2)47-30-24-41(33-46(47)50-49(51)45-15-9-10-16-48(45)53-50)38-17-18-40-32-44(29-23-39(40)31-38)52(42-25-19-36(20-26-42)34-11-5-3-6-12-34)43-27-21-37(22-28-43)35-13-7-4-8-14-35/h3-33H,1-2H3. The van der Waals surface area contributed by atoms with Crippen molar-refractivity contribution in [3.05, 3.63) is 199 Å². The number of hydrogen-bond acceptors (Lipinski definition) is 2. The lowest BCUT2D eigenvalue weighted by Crippen LogP contribution is -2.14. The van der Waals surface area contributed by atoms with Gasteiger partial charge in [0.25, 0.3) is 0 Å². The molecule has 2 heteroatoms. The second-order valence-corrected chi connectivity index (χ2v) is 15.6. The molecule has 10 rings (SSSR count). The van der Waals surface area contributed by atoms with Crippen molar-refractivity contribution in [2.75, 3.05) is 4.90 Å². The Bertz CT molecular complexity index is 2690. The summed E-state index contributed by atoms with van der Waals surface area (Å²) in [5.41, 5.74) is 15.0. The number of anilines is 3. The van der Waals surface area contributed by atoms with Crippen LogP contribution in [0.15, 0.2) is 188 Å². The van der Waals surface area contributed by atoms with E-state index in [-0.39, 0.29) is 5.41 Å². The van der Waals surface area contributed by atoms with Gasteiger partial charge >= 0.3 is 0 Å². The molecule has 0 N–H and O–H groups in total. The van der Waals surface area contributed by atoms with Gasteiger partial charge in [-0.2, -0.15) is 0 Å². The van der Waals surface area contributed by atoms with Crippen LogP contribution in [-0.4, -0.2) is 0 Å². The highest BCUT2D eigenvalue weighted by atomic mass is 32.1. The van der Waals surface area contributed by atoms with Crippen LogP contribution in [0.1, 0.15) is 25.0 Å². The first-order valence-corrected chi connectivity index (χ1v) is 19.2. The van der Waals surface area contributed by atoms with Crippen LogP contribution in [0.5, 0.6) is 0 Å². The first-order chi connectivity index (χ1) is 26.0. The third-order valence-electron chi connectivity index (χ3n) is 11.0. The Labute approximate surface area is 315 Å². The SMILES string of the molecule is CC1(C)c2ccc(-c3ccc4cc(N(c5ccc(-c6ccccc6)cc5)c5ccc(-c6ccccc6)cc5)ccc4c3)cc2-c2sc3ccccc3c21. The smallest absolute Gasteiger partial charge is 0.0468 e. The first-order valence-electron chi connectivity index (χ1n) is 18.3. The second-order valence-electron chi connectivity index (χ2n) is 14.6. The number of nitrogens with zero attached hydrogens (tertiary/aromatic N) is 1. The lowest BCUT2D eigenvalue weighted by Gasteiger charge is -2.26. The van der Waals surface area contributed by atoms with Crippen LogP contribution in [0.25, 0.3) is 64.7 Å². The normalized spacial score (nSPS) is 12.9. The van der Waals surface area contributed by atoms with Crippen molar-refractivity contribution in [2.24, 2.45) is 0 Å². The van der Waals surface area contributed by atoms with Gasteiger partial charge in [0.15, 0.2) is 0 Å². The maximum absolute atomic E-state index is 2.42. The summed E-state index contributed by atoms with van der Waals surface area (Å²) in [5, 5.41) is 3.84. The Morgan fingerprint density at radius 1 is 0.415 bits per heavy atom. The monoisotopic (exact) mass is 695 g/mol. The molecule has 1 aliphatic carbocycles. The zero-order valence-electron chi connectivity index (χ0n) is 29.8. The van der Waals surface area contributed by atoms with Crippen molar-refractivity contribution in [3.63, 3.8) is 0 Å². The zero-order chi connectivity index (χ0) is 35.5. The molecule has 0 unspecified atom stereocenters. The van der Waals surface area contributed by atoms with E-state index in [0.29, 0.717) is 0 Å². The molecule has 0 saturated carbocycles. The maximum Gasteiger partial charge on any atom is 0.0468 e. The van der Waals surface area contributed by atoms with Crippen molar-refractivity contribution >= 4 is 49.3 Å².